The van der Waals surface area contributed by atoms with E-state index in [1.165, 1.54) is 6.07 Å². The monoisotopic (exact) mass is 224 g/mol. The quantitative estimate of drug-likeness (QED) is 0.616. The molecule has 1 aromatic carbocycles. The molecule has 0 aromatic heterocycles. The number of carbonyl (C=O) groups excluding carboxylic acids is 1. The molecule has 0 spiro atoms. The van der Waals surface area contributed by atoms with Crippen LogP contribution in [-0.4, -0.2) is 34.0 Å². The Morgan fingerprint density at radius 1 is 1.38 bits per heavy atom. The number of hydrogen-bond acceptors (Lipinski definition) is 5. The Kier molecular flexibility index (Phi) is 2.91. The predicted octanol–water partition coefficient (Wildman–Crippen LogP) is -0.256. The zero-order valence-corrected chi connectivity index (χ0v) is 8.46. The van der Waals surface area contributed by atoms with Crippen molar-refractivity contribution in [2.75, 3.05) is 6.61 Å². The lowest BCUT2D eigenvalue weighted by molar-refractivity contribution is -0.0153. The molecule has 1 aliphatic heterocycles. The standard InChI is InChI=1S/C11H12O5/c12-4-9(13)10(14)6-1-2-8-7(3-6)5-16-11(8)15/h1-3,9-10,12-14H,4-5H2. The number of rotatable bonds is 3. The van der Waals surface area contributed by atoms with Gasteiger partial charge in [0.25, 0.3) is 0 Å². The summed E-state index contributed by atoms with van der Waals surface area (Å²) in [6.45, 7) is -0.336. The van der Waals surface area contributed by atoms with Crippen molar-refractivity contribution in [3.63, 3.8) is 0 Å². The highest BCUT2D eigenvalue weighted by Gasteiger charge is 2.24. The topological polar surface area (TPSA) is 87.0 Å². The van der Waals surface area contributed by atoms with Crippen LogP contribution < -0.4 is 0 Å². The van der Waals surface area contributed by atoms with E-state index in [4.69, 9.17) is 9.84 Å². The van der Waals surface area contributed by atoms with Crippen molar-refractivity contribution in [3.8, 4) is 0 Å². The lowest BCUT2D eigenvalue weighted by Gasteiger charge is -2.16. The molecular weight excluding hydrogens is 212 g/mol. The minimum Gasteiger partial charge on any atom is -0.457 e. The Bertz CT molecular complexity index is 415. The van der Waals surface area contributed by atoms with Crippen molar-refractivity contribution in [2.24, 2.45) is 0 Å². The number of ether oxygens (including phenoxy) is 1. The van der Waals surface area contributed by atoms with E-state index in [1.54, 1.807) is 12.1 Å². The third-order valence-corrected chi connectivity index (χ3v) is 2.60. The largest absolute Gasteiger partial charge is 0.457 e. The summed E-state index contributed by atoms with van der Waals surface area (Å²) in [5.74, 6) is -0.376. The average Bonchev–Trinajstić information content (AvgIpc) is 2.68. The lowest BCUT2D eigenvalue weighted by atomic mass is 10.00. The molecule has 2 rings (SSSR count). The lowest BCUT2D eigenvalue weighted by Crippen LogP contribution is -2.22. The van der Waals surface area contributed by atoms with E-state index in [1.807, 2.05) is 0 Å². The molecule has 0 saturated heterocycles. The van der Waals surface area contributed by atoms with E-state index in [0.29, 0.717) is 16.7 Å². The van der Waals surface area contributed by atoms with Crippen LogP contribution in [-0.2, 0) is 11.3 Å². The number of esters is 1. The highest BCUT2D eigenvalue weighted by Crippen LogP contribution is 2.25. The van der Waals surface area contributed by atoms with Crippen LogP contribution >= 0.6 is 0 Å². The van der Waals surface area contributed by atoms with Crippen LogP contribution in [0, 0.1) is 0 Å². The molecule has 2 unspecified atom stereocenters. The minimum atomic E-state index is -1.23. The van der Waals surface area contributed by atoms with E-state index in [-0.39, 0.29) is 12.6 Å². The van der Waals surface area contributed by atoms with E-state index in [2.05, 4.69) is 0 Å². The molecule has 0 radical (unpaired) electrons. The number of carbonyl (C=O) groups is 1. The molecule has 1 aliphatic rings. The first-order valence-electron chi connectivity index (χ1n) is 4.90. The van der Waals surface area contributed by atoms with Crippen molar-refractivity contribution in [1.29, 1.82) is 0 Å². The third kappa shape index (κ3) is 1.80. The summed E-state index contributed by atoms with van der Waals surface area (Å²) in [6, 6.07) is 4.69. The second kappa shape index (κ2) is 4.21. The maximum atomic E-state index is 11.2. The number of fused-ring (bicyclic) bond motifs is 1. The van der Waals surface area contributed by atoms with Gasteiger partial charge in [-0.3, -0.25) is 0 Å². The molecule has 0 amide bonds. The van der Waals surface area contributed by atoms with Gasteiger partial charge in [0.1, 0.15) is 18.8 Å². The highest BCUT2D eigenvalue weighted by atomic mass is 16.5. The van der Waals surface area contributed by atoms with Crippen LogP contribution in [0.3, 0.4) is 0 Å². The van der Waals surface area contributed by atoms with Crippen LogP contribution in [0.5, 0.6) is 0 Å². The van der Waals surface area contributed by atoms with E-state index in [9.17, 15) is 15.0 Å². The van der Waals surface area contributed by atoms with Crippen LogP contribution in [0.4, 0.5) is 0 Å². The van der Waals surface area contributed by atoms with E-state index < -0.39 is 18.8 Å². The van der Waals surface area contributed by atoms with Crippen LogP contribution in [0.15, 0.2) is 18.2 Å². The zero-order valence-electron chi connectivity index (χ0n) is 8.46. The maximum absolute atomic E-state index is 11.2. The summed E-state index contributed by atoms with van der Waals surface area (Å²) in [6.07, 6.45) is -2.39. The molecule has 5 heteroatoms. The van der Waals surface area contributed by atoms with Gasteiger partial charge in [-0.1, -0.05) is 6.07 Å². The van der Waals surface area contributed by atoms with Gasteiger partial charge in [-0.25, -0.2) is 4.79 Å². The Balaban J connectivity index is 2.28. The summed E-state index contributed by atoms with van der Waals surface area (Å²) in [5.41, 5.74) is 1.62. The van der Waals surface area contributed by atoms with Crippen molar-refractivity contribution < 1.29 is 24.9 Å². The van der Waals surface area contributed by atoms with Gasteiger partial charge in [0.05, 0.1) is 12.2 Å². The van der Waals surface area contributed by atoms with Gasteiger partial charge in [0, 0.05) is 5.56 Å². The molecule has 1 heterocycles. The second-order valence-corrected chi connectivity index (χ2v) is 3.69. The van der Waals surface area contributed by atoms with Gasteiger partial charge < -0.3 is 20.1 Å². The van der Waals surface area contributed by atoms with Gasteiger partial charge in [0.15, 0.2) is 0 Å². The molecule has 0 aliphatic carbocycles. The van der Waals surface area contributed by atoms with Crippen molar-refractivity contribution >= 4 is 5.97 Å². The van der Waals surface area contributed by atoms with Gasteiger partial charge in [0.2, 0.25) is 0 Å². The number of cyclic esters (lactones) is 1. The highest BCUT2D eigenvalue weighted by molar-refractivity contribution is 5.93. The van der Waals surface area contributed by atoms with Gasteiger partial charge in [-0.2, -0.15) is 0 Å². The fraction of sp³-hybridized carbons (Fsp3) is 0.364. The normalized spacial score (nSPS) is 17.8. The smallest absolute Gasteiger partial charge is 0.338 e. The molecular formula is C11H12O5. The second-order valence-electron chi connectivity index (χ2n) is 3.69. The fourth-order valence-electron chi connectivity index (χ4n) is 1.66. The van der Waals surface area contributed by atoms with Gasteiger partial charge in [-0.05, 0) is 17.7 Å². The number of aliphatic hydroxyl groups excluding tert-OH is 3. The number of hydrogen-bond donors (Lipinski definition) is 3. The summed E-state index contributed by atoms with van der Waals surface area (Å²) >= 11 is 0. The van der Waals surface area contributed by atoms with Gasteiger partial charge in [-0.15, -0.1) is 0 Å². The van der Waals surface area contributed by atoms with Crippen LogP contribution in [0.1, 0.15) is 27.6 Å². The molecule has 1 aromatic rings. The van der Waals surface area contributed by atoms with E-state index in [0.717, 1.165) is 0 Å². The summed E-state index contributed by atoms with van der Waals surface area (Å²) in [7, 11) is 0. The average molecular weight is 224 g/mol. The van der Waals surface area contributed by atoms with Crippen molar-refractivity contribution in [1.82, 2.24) is 0 Å². The molecule has 0 saturated carbocycles. The third-order valence-electron chi connectivity index (χ3n) is 2.60. The minimum absolute atomic E-state index is 0.184. The Hall–Kier alpha value is -1.43. The SMILES string of the molecule is O=C1OCc2cc(C(O)C(O)CO)ccc21. The van der Waals surface area contributed by atoms with Crippen molar-refractivity contribution in [3.05, 3.63) is 34.9 Å². The Labute approximate surface area is 91.9 Å². The maximum Gasteiger partial charge on any atom is 0.338 e. The molecule has 86 valence electrons. The van der Waals surface area contributed by atoms with Crippen LogP contribution in [0.2, 0.25) is 0 Å². The molecule has 3 N–H and O–H groups in total. The zero-order chi connectivity index (χ0) is 11.7. The predicted molar refractivity (Wildman–Crippen MR) is 53.6 cm³/mol. The molecule has 16 heavy (non-hydrogen) atoms. The van der Waals surface area contributed by atoms with Gasteiger partial charge >= 0.3 is 5.97 Å². The number of benzene rings is 1. The first-order valence-corrected chi connectivity index (χ1v) is 4.90. The first-order chi connectivity index (χ1) is 7.63. The molecule has 2 atom stereocenters. The Morgan fingerprint density at radius 2 is 2.12 bits per heavy atom. The molecule has 0 fully saturated rings. The summed E-state index contributed by atoms with van der Waals surface area (Å²) in [4.78, 5) is 11.2. The fourth-order valence-corrected chi connectivity index (χ4v) is 1.66. The van der Waals surface area contributed by atoms with E-state index >= 15 is 0 Å². The number of aliphatic hydroxyl groups is 3. The van der Waals surface area contributed by atoms with Crippen LogP contribution in [0.25, 0.3) is 0 Å². The molecule has 0 bridgehead atoms. The Morgan fingerprint density at radius 3 is 2.81 bits per heavy atom. The summed E-state index contributed by atoms with van der Waals surface area (Å²) in [5, 5.41) is 27.6. The van der Waals surface area contributed by atoms with Crippen molar-refractivity contribution in [2.45, 2.75) is 18.8 Å². The molecule has 5 nitrogen and oxygen atoms in total. The summed E-state index contributed by atoms with van der Waals surface area (Å²) < 4.78 is 4.81. The first kappa shape index (κ1) is 11.1.